The summed E-state index contributed by atoms with van der Waals surface area (Å²) in [4.78, 5) is 31.9. The Hall–Kier alpha value is -3.44. The topological polar surface area (TPSA) is 118 Å². The molecule has 0 spiro atoms. The number of tetrazole rings is 1. The Bertz CT molecular complexity index is 1180. The van der Waals surface area contributed by atoms with Crippen molar-refractivity contribution in [2.75, 3.05) is 20.6 Å². The number of amides is 2. The number of benzene rings is 1. The molecule has 3 aromatic rings. The van der Waals surface area contributed by atoms with Crippen molar-refractivity contribution >= 4 is 24.2 Å². The van der Waals surface area contributed by atoms with Gasteiger partial charge in [0.2, 0.25) is 17.6 Å². The minimum Gasteiger partial charge on any atom is -0.336 e. The van der Waals surface area contributed by atoms with Crippen molar-refractivity contribution in [2.24, 2.45) is 0 Å². The van der Waals surface area contributed by atoms with Crippen molar-refractivity contribution in [1.29, 1.82) is 0 Å². The second-order valence-electron chi connectivity index (χ2n) is 8.45. The summed E-state index contributed by atoms with van der Waals surface area (Å²) in [5.74, 6) is -0.945. The van der Waals surface area contributed by atoms with Crippen LogP contribution >= 0.6 is 12.4 Å². The first kappa shape index (κ1) is 26.2. The van der Waals surface area contributed by atoms with Gasteiger partial charge in [-0.25, -0.2) is 4.39 Å². The zero-order valence-electron chi connectivity index (χ0n) is 19.7. The van der Waals surface area contributed by atoms with Crippen LogP contribution in [0.3, 0.4) is 0 Å². The lowest BCUT2D eigenvalue weighted by Gasteiger charge is -2.12. The van der Waals surface area contributed by atoms with E-state index in [4.69, 9.17) is 0 Å². The Morgan fingerprint density at radius 2 is 2.09 bits per heavy atom. The molecular weight excluding hydrogens is 475 g/mol. The standard InChI is InChI=1S/C23H27FN8O2.ClH/c1-4-21(33)26-20-12-17(23(34)27-20)14-5-7-16(18(24)11-14)15-6-8-19(25-13-15)22-28-30-32(29-22)10-9-31(2)3;/h5-8,11,13,17,20H,4,9-10,12H2,1-3H3,(H,26,33)(H,27,34);1H/t17-,20-;/m1./s1. The Labute approximate surface area is 208 Å². The Morgan fingerprint density at radius 1 is 1.29 bits per heavy atom. The first-order chi connectivity index (χ1) is 16.3. The molecule has 0 bridgehead atoms. The van der Waals surface area contributed by atoms with Crippen molar-refractivity contribution in [3.8, 4) is 22.6 Å². The number of nitrogens with one attached hydrogen (secondary N) is 2. The van der Waals surface area contributed by atoms with E-state index in [0.29, 0.717) is 47.6 Å². The highest BCUT2D eigenvalue weighted by Crippen LogP contribution is 2.31. The lowest BCUT2D eigenvalue weighted by molar-refractivity contribution is -0.122. The molecule has 1 aliphatic heterocycles. The van der Waals surface area contributed by atoms with Gasteiger partial charge in [0.1, 0.15) is 17.7 Å². The molecule has 2 amide bonds. The number of rotatable bonds is 8. The third kappa shape index (κ3) is 6.17. The van der Waals surface area contributed by atoms with Crippen LogP contribution in [0.5, 0.6) is 0 Å². The molecule has 2 N–H and O–H groups in total. The summed E-state index contributed by atoms with van der Waals surface area (Å²) in [7, 11) is 3.94. The number of carbonyl (C=O) groups is 2. The fraction of sp³-hybridized carbons (Fsp3) is 0.391. The highest BCUT2D eigenvalue weighted by molar-refractivity contribution is 5.87. The maximum Gasteiger partial charge on any atom is 0.229 e. The van der Waals surface area contributed by atoms with Crippen molar-refractivity contribution < 1.29 is 14.0 Å². The van der Waals surface area contributed by atoms with Gasteiger partial charge >= 0.3 is 0 Å². The van der Waals surface area contributed by atoms with Crippen LogP contribution in [-0.2, 0) is 16.1 Å². The fourth-order valence-corrected chi connectivity index (χ4v) is 3.75. The SMILES string of the molecule is CCC(=O)N[C@H]1C[C@H](c2ccc(-c3ccc(-c4nnn(CCN(C)C)n4)nc3)c(F)c2)C(=O)N1.Cl. The minimum absolute atomic E-state index is 0. The van der Waals surface area contributed by atoms with Crippen LogP contribution in [0, 0.1) is 5.82 Å². The van der Waals surface area contributed by atoms with Gasteiger partial charge in [-0.2, -0.15) is 4.80 Å². The molecule has 0 saturated carbocycles. The van der Waals surface area contributed by atoms with E-state index in [-0.39, 0.29) is 24.2 Å². The van der Waals surface area contributed by atoms with E-state index in [2.05, 4.69) is 31.0 Å². The molecular formula is C23H28ClFN8O2. The molecule has 1 fully saturated rings. The van der Waals surface area contributed by atoms with E-state index < -0.39 is 17.9 Å². The summed E-state index contributed by atoms with van der Waals surface area (Å²) in [6.07, 6.45) is 1.82. The lowest BCUT2D eigenvalue weighted by atomic mass is 9.94. The molecule has 1 saturated heterocycles. The normalized spacial score (nSPS) is 17.2. The van der Waals surface area contributed by atoms with Crippen molar-refractivity contribution in [3.63, 3.8) is 0 Å². The zero-order chi connectivity index (χ0) is 24.2. The van der Waals surface area contributed by atoms with Crippen molar-refractivity contribution in [3.05, 3.63) is 47.9 Å². The van der Waals surface area contributed by atoms with Crippen LogP contribution < -0.4 is 10.6 Å². The third-order valence-electron chi connectivity index (χ3n) is 5.66. The second kappa shape index (κ2) is 11.3. The van der Waals surface area contributed by atoms with Gasteiger partial charge in [-0.3, -0.25) is 14.6 Å². The molecule has 4 rings (SSSR count). The Morgan fingerprint density at radius 3 is 2.74 bits per heavy atom. The monoisotopic (exact) mass is 502 g/mol. The van der Waals surface area contributed by atoms with E-state index in [1.165, 1.54) is 10.9 Å². The van der Waals surface area contributed by atoms with Crippen LogP contribution in [-0.4, -0.2) is 68.7 Å². The van der Waals surface area contributed by atoms with E-state index in [1.54, 1.807) is 37.4 Å². The van der Waals surface area contributed by atoms with Gasteiger partial charge in [0.25, 0.3) is 0 Å². The van der Waals surface area contributed by atoms with E-state index in [9.17, 15) is 14.0 Å². The summed E-state index contributed by atoms with van der Waals surface area (Å²) in [5, 5.41) is 17.9. The predicted molar refractivity (Wildman–Crippen MR) is 130 cm³/mol. The molecule has 1 aromatic carbocycles. The smallest absolute Gasteiger partial charge is 0.229 e. The average Bonchev–Trinajstić information content (AvgIpc) is 3.44. The molecule has 2 aromatic heterocycles. The molecule has 2 atom stereocenters. The highest BCUT2D eigenvalue weighted by Gasteiger charge is 2.34. The molecule has 0 radical (unpaired) electrons. The summed E-state index contributed by atoms with van der Waals surface area (Å²) in [6, 6.07) is 8.22. The number of aromatic nitrogens is 5. The molecule has 186 valence electrons. The van der Waals surface area contributed by atoms with Crippen LogP contribution in [0.25, 0.3) is 22.6 Å². The number of nitrogens with zero attached hydrogens (tertiary/aromatic N) is 6. The maximum atomic E-state index is 15.0. The number of hydrogen-bond acceptors (Lipinski definition) is 7. The number of likely N-dealkylation sites (N-methyl/N-ethyl adjacent to an activating group) is 1. The number of pyridine rings is 1. The first-order valence-corrected chi connectivity index (χ1v) is 11.1. The lowest BCUT2D eigenvalue weighted by Crippen LogP contribution is -2.42. The van der Waals surface area contributed by atoms with E-state index in [1.807, 2.05) is 19.0 Å². The number of halogens is 2. The number of carbonyl (C=O) groups excluding carboxylic acids is 2. The molecule has 0 unspecified atom stereocenters. The van der Waals surface area contributed by atoms with Crippen LogP contribution in [0.4, 0.5) is 4.39 Å². The maximum absolute atomic E-state index is 15.0. The Kier molecular flexibility index (Phi) is 8.47. The largest absolute Gasteiger partial charge is 0.336 e. The first-order valence-electron chi connectivity index (χ1n) is 11.1. The van der Waals surface area contributed by atoms with Crippen molar-refractivity contribution in [2.45, 2.75) is 38.4 Å². The predicted octanol–water partition coefficient (Wildman–Crippen LogP) is 1.98. The van der Waals surface area contributed by atoms with Crippen molar-refractivity contribution in [1.82, 2.24) is 40.7 Å². The van der Waals surface area contributed by atoms with Gasteiger partial charge in [-0.1, -0.05) is 25.1 Å². The van der Waals surface area contributed by atoms with Crippen LogP contribution in [0.1, 0.15) is 31.2 Å². The molecule has 12 heteroatoms. The average molecular weight is 503 g/mol. The van der Waals surface area contributed by atoms with E-state index in [0.717, 1.165) is 6.54 Å². The summed E-state index contributed by atoms with van der Waals surface area (Å²) < 4.78 is 15.0. The summed E-state index contributed by atoms with van der Waals surface area (Å²) in [5.41, 5.74) is 2.08. The summed E-state index contributed by atoms with van der Waals surface area (Å²) >= 11 is 0. The van der Waals surface area contributed by atoms with Gasteiger partial charge in [-0.05, 0) is 37.0 Å². The number of hydrogen-bond donors (Lipinski definition) is 2. The molecule has 0 aliphatic carbocycles. The van der Waals surface area contributed by atoms with Gasteiger partial charge in [-0.15, -0.1) is 22.6 Å². The fourth-order valence-electron chi connectivity index (χ4n) is 3.75. The minimum atomic E-state index is -0.521. The molecule has 35 heavy (non-hydrogen) atoms. The quantitative estimate of drug-likeness (QED) is 0.483. The van der Waals surface area contributed by atoms with Gasteiger partial charge < -0.3 is 15.5 Å². The van der Waals surface area contributed by atoms with Gasteiger partial charge in [0, 0.05) is 36.7 Å². The van der Waals surface area contributed by atoms with E-state index >= 15 is 0 Å². The van der Waals surface area contributed by atoms with Gasteiger partial charge in [0.15, 0.2) is 0 Å². The summed E-state index contributed by atoms with van der Waals surface area (Å²) in [6.45, 7) is 3.14. The molecule has 1 aliphatic rings. The third-order valence-corrected chi connectivity index (χ3v) is 5.66. The van der Waals surface area contributed by atoms with Crippen LogP contribution in [0.15, 0.2) is 36.5 Å². The Balaban J connectivity index is 0.00000342. The molecule has 3 heterocycles. The van der Waals surface area contributed by atoms with Gasteiger partial charge in [0.05, 0.1) is 12.5 Å². The highest BCUT2D eigenvalue weighted by atomic mass is 35.5. The van der Waals surface area contributed by atoms with Crippen LogP contribution in [0.2, 0.25) is 0 Å². The zero-order valence-corrected chi connectivity index (χ0v) is 20.5. The molecule has 10 nitrogen and oxygen atoms in total. The second-order valence-corrected chi connectivity index (χ2v) is 8.45.